The smallest absolute Gasteiger partial charge is 0.247 e. The van der Waals surface area contributed by atoms with E-state index in [1.165, 1.54) is 0 Å². The van der Waals surface area contributed by atoms with E-state index in [4.69, 9.17) is 28.9 Å². The SMILES string of the molecule is CNCCN(C)c1nnc(-c2cccc(Cl)c2Cl)c(N)n1. The molecule has 0 aliphatic heterocycles. The number of nitrogens with zero attached hydrogens (tertiary/aromatic N) is 4. The Morgan fingerprint density at radius 2 is 2.05 bits per heavy atom. The van der Waals surface area contributed by atoms with Crippen LogP contribution in [-0.2, 0) is 0 Å². The van der Waals surface area contributed by atoms with Gasteiger partial charge in [-0.05, 0) is 13.1 Å². The molecule has 0 saturated heterocycles. The van der Waals surface area contributed by atoms with Crippen LogP contribution in [0.2, 0.25) is 10.0 Å². The van der Waals surface area contributed by atoms with Crippen molar-refractivity contribution in [1.82, 2.24) is 20.5 Å². The molecule has 0 spiro atoms. The van der Waals surface area contributed by atoms with Gasteiger partial charge < -0.3 is 16.0 Å². The number of hydrogen-bond donors (Lipinski definition) is 2. The molecule has 112 valence electrons. The van der Waals surface area contributed by atoms with E-state index >= 15 is 0 Å². The van der Waals surface area contributed by atoms with Crippen LogP contribution >= 0.6 is 23.2 Å². The van der Waals surface area contributed by atoms with E-state index in [0.29, 0.717) is 27.3 Å². The highest BCUT2D eigenvalue weighted by Gasteiger charge is 2.15. The van der Waals surface area contributed by atoms with E-state index in [0.717, 1.165) is 13.1 Å². The Bertz CT molecular complexity index is 634. The molecule has 0 atom stereocenters. The zero-order valence-electron chi connectivity index (χ0n) is 11.8. The normalized spacial score (nSPS) is 10.7. The summed E-state index contributed by atoms with van der Waals surface area (Å²) in [5.74, 6) is 0.727. The molecule has 8 heteroatoms. The van der Waals surface area contributed by atoms with Crippen LogP contribution in [0.4, 0.5) is 11.8 Å². The second-order valence-electron chi connectivity index (χ2n) is 4.47. The van der Waals surface area contributed by atoms with Gasteiger partial charge in [0.25, 0.3) is 0 Å². The largest absolute Gasteiger partial charge is 0.382 e. The average molecular weight is 327 g/mol. The molecule has 0 unspecified atom stereocenters. The van der Waals surface area contributed by atoms with Gasteiger partial charge >= 0.3 is 0 Å². The average Bonchev–Trinajstić information content (AvgIpc) is 2.48. The predicted octanol–water partition coefficient (Wildman–Crippen LogP) is 2.08. The lowest BCUT2D eigenvalue weighted by atomic mass is 10.1. The highest BCUT2D eigenvalue weighted by molar-refractivity contribution is 6.43. The van der Waals surface area contributed by atoms with Gasteiger partial charge in [-0.1, -0.05) is 35.3 Å². The Balaban J connectivity index is 2.33. The number of aromatic nitrogens is 3. The van der Waals surface area contributed by atoms with E-state index < -0.39 is 0 Å². The molecule has 6 nitrogen and oxygen atoms in total. The molecule has 21 heavy (non-hydrogen) atoms. The molecule has 1 aromatic carbocycles. The van der Waals surface area contributed by atoms with Crippen LogP contribution in [0.1, 0.15) is 0 Å². The fraction of sp³-hybridized carbons (Fsp3) is 0.308. The van der Waals surface area contributed by atoms with Crippen LogP contribution < -0.4 is 16.0 Å². The van der Waals surface area contributed by atoms with Gasteiger partial charge in [-0.2, -0.15) is 4.98 Å². The van der Waals surface area contributed by atoms with Gasteiger partial charge in [0, 0.05) is 25.7 Å². The Hall–Kier alpha value is -1.63. The van der Waals surface area contributed by atoms with Gasteiger partial charge in [-0.3, -0.25) is 0 Å². The van der Waals surface area contributed by atoms with Gasteiger partial charge in [0.1, 0.15) is 5.69 Å². The first-order valence-electron chi connectivity index (χ1n) is 6.35. The van der Waals surface area contributed by atoms with E-state index in [-0.39, 0.29) is 5.82 Å². The molecule has 0 aliphatic rings. The van der Waals surface area contributed by atoms with Crippen LogP contribution in [0.15, 0.2) is 18.2 Å². The molecule has 0 radical (unpaired) electrons. The summed E-state index contributed by atoms with van der Waals surface area (Å²) in [5, 5.41) is 12.1. The number of halogens is 2. The Labute approximate surface area is 133 Å². The third kappa shape index (κ3) is 3.53. The Morgan fingerprint density at radius 3 is 2.71 bits per heavy atom. The number of benzene rings is 1. The van der Waals surface area contributed by atoms with Crippen molar-refractivity contribution in [2.75, 3.05) is 37.8 Å². The van der Waals surface area contributed by atoms with E-state index in [1.807, 2.05) is 19.0 Å². The Kier molecular flexibility index (Phi) is 5.17. The quantitative estimate of drug-likeness (QED) is 0.875. The monoisotopic (exact) mass is 326 g/mol. The maximum absolute atomic E-state index is 6.17. The summed E-state index contributed by atoms with van der Waals surface area (Å²) in [6, 6.07) is 5.25. The Morgan fingerprint density at radius 1 is 1.29 bits per heavy atom. The molecular formula is C13H16Cl2N6. The van der Waals surface area contributed by atoms with Gasteiger partial charge in [0.2, 0.25) is 5.95 Å². The molecule has 2 rings (SSSR count). The third-order valence-corrected chi connectivity index (χ3v) is 3.77. The standard InChI is InChI=1S/C13H16Cl2N6/c1-17-6-7-21(2)13-18-12(16)11(19-20-13)8-4-3-5-9(14)10(8)15/h3-5,17H,6-7H2,1-2H3,(H2,16,18,20). The number of nitrogens with two attached hydrogens (primary N) is 1. The lowest BCUT2D eigenvalue weighted by Gasteiger charge is -2.17. The number of anilines is 2. The maximum Gasteiger partial charge on any atom is 0.247 e. The van der Waals surface area contributed by atoms with Crippen molar-refractivity contribution in [1.29, 1.82) is 0 Å². The molecular weight excluding hydrogens is 311 g/mol. The minimum atomic E-state index is 0.264. The lowest BCUT2D eigenvalue weighted by molar-refractivity contribution is 0.745. The van der Waals surface area contributed by atoms with Crippen LogP contribution in [0.3, 0.4) is 0 Å². The van der Waals surface area contributed by atoms with Gasteiger partial charge in [0.15, 0.2) is 5.82 Å². The predicted molar refractivity (Wildman–Crippen MR) is 86.9 cm³/mol. The third-order valence-electron chi connectivity index (χ3n) is 2.95. The topological polar surface area (TPSA) is 80.0 Å². The van der Waals surface area contributed by atoms with Crippen molar-refractivity contribution < 1.29 is 0 Å². The summed E-state index contributed by atoms with van der Waals surface area (Å²) in [6.07, 6.45) is 0. The van der Waals surface area contributed by atoms with Crippen LogP contribution in [0, 0.1) is 0 Å². The number of hydrogen-bond acceptors (Lipinski definition) is 6. The van der Waals surface area contributed by atoms with E-state index in [1.54, 1.807) is 18.2 Å². The van der Waals surface area contributed by atoms with Gasteiger partial charge in [-0.25, -0.2) is 0 Å². The first-order chi connectivity index (χ1) is 10.0. The summed E-state index contributed by atoms with van der Waals surface area (Å²) in [4.78, 5) is 6.14. The molecule has 1 aromatic heterocycles. The van der Waals surface area contributed by atoms with Gasteiger partial charge in [0.05, 0.1) is 10.0 Å². The zero-order valence-corrected chi connectivity index (χ0v) is 13.3. The molecule has 2 aromatic rings. The highest BCUT2D eigenvalue weighted by atomic mass is 35.5. The fourth-order valence-corrected chi connectivity index (χ4v) is 2.14. The number of nitrogen functional groups attached to an aromatic ring is 1. The van der Waals surface area contributed by atoms with Crippen molar-refractivity contribution in [2.45, 2.75) is 0 Å². The summed E-state index contributed by atoms with van der Waals surface area (Å²) < 4.78 is 0. The molecule has 0 fully saturated rings. The zero-order chi connectivity index (χ0) is 15.4. The first kappa shape index (κ1) is 15.8. The summed E-state index contributed by atoms with van der Waals surface area (Å²) >= 11 is 12.2. The van der Waals surface area contributed by atoms with Crippen molar-refractivity contribution in [3.8, 4) is 11.3 Å². The minimum absolute atomic E-state index is 0.264. The van der Waals surface area contributed by atoms with Crippen LogP contribution in [0.25, 0.3) is 11.3 Å². The molecule has 1 heterocycles. The molecule has 0 saturated carbocycles. The second kappa shape index (κ2) is 6.89. The summed E-state index contributed by atoms with van der Waals surface area (Å²) in [6.45, 7) is 1.55. The second-order valence-corrected chi connectivity index (χ2v) is 5.26. The van der Waals surface area contributed by atoms with Crippen LogP contribution in [-0.4, -0.2) is 42.4 Å². The lowest BCUT2D eigenvalue weighted by Crippen LogP contribution is -2.29. The minimum Gasteiger partial charge on any atom is -0.382 e. The van der Waals surface area contributed by atoms with Gasteiger partial charge in [-0.15, -0.1) is 10.2 Å². The molecule has 3 N–H and O–H groups in total. The summed E-state index contributed by atoms with van der Waals surface area (Å²) in [7, 11) is 3.76. The summed E-state index contributed by atoms with van der Waals surface area (Å²) in [5.41, 5.74) is 7.02. The molecule has 0 aliphatic carbocycles. The molecule has 0 bridgehead atoms. The molecule has 0 amide bonds. The van der Waals surface area contributed by atoms with Crippen molar-refractivity contribution in [2.24, 2.45) is 0 Å². The number of rotatable bonds is 5. The van der Waals surface area contributed by atoms with Crippen molar-refractivity contribution in [3.63, 3.8) is 0 Å². The van der Waals surface area contributed by atoms with Crippen molar-refractivity contribution in [3.05, 3.63) is 28.2 Å². The van der Waals surface area contributed by atoms with Crippen LogP contribution in [0.5, 0.6) is 0 Å². The highest BCUT2D eigenvalue weighted by Crippen LogP contribution is 2.34. The number of nitrogens with one attached hydrogen (secondary N) is 1. The number of likely N-dealkylation sites (N-methyl/N-ethyl adjacent to an activating group) is 2. The van der Waals surface area contributed by atoms with E-state index in [9.17, 15) is 0 Å². The first-order valence-corrected chi connectivity index (χ1v) is 7.10. The van der Waals surface area contributed by atoms with E-state index in [2.05, 4.69) is 20.5 Å². The maximum atomic E-state index is 6.17. The fourth-order valence-electron chi connectivity index (χ4n) is 1.75. The van der Waals surface area contributed by atoms with Crippen molar-refractivity contribution >= 4 is 35.0 Å².